The molecule has 0 aromatic heterocycles. The van der Waals surface area contributed by atoms with E-state index in [2.05, 4.69) is 40.7 Å². The van der Waals surface area contributed by atoms with Crippen LogP contribution in [0.5, 0.6) is 0 Å². The molecule has 1 aromatic carbocycles. The number of esters is 2. The van der Waals surface area contributed by atoms with Gasteiger partial charge in [-0.3, -0.25) is 0 Å². The van der Waals surface area contributed by atoms with Gasteiger partial charge in [0, 0.05) is 17.1 Å². The summed E-state index contributed by atoms with van der Waals surface area (Å²) in [4.78, 5) is 40.9. The first-order chi connectivity index (χ1) is 23.8. The van der Waals surface area contributed by atoms with Crippen molar-refractivity contribution in [2.45, 2.75) is 132 Å². The fourth-order valence-corrected chi connectivity index (χ4v) is 12.3. The average Bonchev–Trinajstić information content (AvgIpc) is 3.07. The molecule has 4 fully saturated rings. The average molecular weight is 701 g/mol. The van der Waals surface area contributed by atoms with Crippen LogP contribution in [0.1, 0.15) is 113 Å². The monoisotopic (exact) mass is 700 g/mol. The largest absolute Gasteiger partial charge is 0.454 e. The molecule has 2 unspecified atom stereocenters. The van der Waals surface area contributed by atoms with Crippen LogP contribution in [-0.4, -0.2) is 52.9 Å². The maximum Gasteiger partial charge on any atom is 0.333 e. The van der Waals surface area contributed by atoms with E-state index in [-0.39, 0.29) is 22.3 Å². The molecule has 0 radical (unpaired) electrons. The maximum absolute atomic E-state index is 13.8. The van der Waals surface area contributed by atoms with Crippen molar-refractivity contribution in [1.82, 2.24) is 0 Å². The van der Waals surface area contributed by atoms with E-state index in [1.165, 1.54) is 11.6 Å². The van der Waals surface area contributed by atoms with Crippen LogP contribution < -0.4 is 0 Å². The van der Waals surface area contributed by atoms with Crippen LogP contribution in [0.3, 0.4) is 0 Å². The zero-order chi connectivity index (χ0) is 37.4. The van der Waals surface area contributed by atoms with Crippen molar-refractivity contribution in [3.8, 4) is 0 Å². The Labute approximate surface area is 305 Å². The van der Waals surface area contributed by atoms with Crippen molar-refractivity contribution in [2.24, 2.45) is 50.2 Å². The summed E-state index contributed by atoms with van der Waals surface area (Å²) >= 11 is 0. The summed E-state index contributed by atoms with van der Waals surface area (Å²) in [6.07, 6.45) is 9.57. The normalized spacial score (nSPS) is 42.7. The predicted molar refractivity (Wildman–Crippen MR) is 198 cm³/mol. The Bertz CT molecular complexity index is 1640. The molecule has 1 aromatic rings. The quantitative estimate of drug-likeness (QED) is 0.134. The third-order valence-corrected chi connectivity index (χ3v) is 15.6. The highest BCUT2D eigenvalue weighted by Crippen LogP contribution is 2.75. The van der Waals surface area contributed by atoms with E-state index >= 15 is 0 Å². The molecular weight excluding hydrogens is 640 g/mol. The van der Waals surface area contributed by atoms with E-state index < -0.39 is 52.4 Å². The highest BCUT2D eigenvalue weighted by Gasteiger charge is 2.73. The molecule has 5 aliphatic rings. The van der Waals surface area contributed by atoms with Gasteiger partial charge in [-0.2, -0.15) is 0 Å². The summed E-state index contributed by atoms with van der Waals surface area (Å²) in [7, 11) is 0. The summed E-state index contributed by atoms with van der Waals surface area (Å²) < 4.78 is 12.5. The molecule has 2 N–H and O–H groups in total. The van der Waals surface area contributed by atoms with Crippen LogP contribution in [0, 0.1) is 50.2 Å². The second-order valence-electron chi connectivity index (χ2n) is 18.7. The molecule has 0 spiro atoms. The summed E-state index contributed by atoms with van der Waals surface area (Å²) in [5.74, 6) is -0.913. The summed E-state index contributed by atoms with van der Waals surface area (Å²) in [5.41, 5.74) is -0.600. The summed E-state index contributed by atoms with van der Waals surface area (Å²) in [6.45, 7) is 19.1. The highest BCUT2D eigenvalue weighted by atomic mass is 16.6. The summed E-state index contributed by atoms with van der Waals surface area (Å²) in [5, 5.41) is 23.7. The Balaban J connectivity index is 1.45. The van der Waals surface area contributed by atoms with Gasteiger partial charge in [0.05, 0.1) is 17.6 Å². The maximum atomic E-state index is 13.8. The van der Waals surface area contributed by atoms with Gasteiger partial charge in [0.2, 0.25) is 0 Å². The minimum Gasteiger partial charge on any atom is -0.454 e. The number of aliphatic hydroxyl groups is 2. The van der Waals surface area contributed by atoms with Gasteiger partial charge in [-0.1, -0.05) is 96.5 Å². The smallest absolute Gasteiger partial charge is 0.333 e. The number of hydrogen-bond donors (Lipinski definition) is 2. The lowest BCUT2D eigenvalue weighted by molar-refractivity contribution is -0.248. The Morgan fingerprint density at radius 3 is 2.20 bits per heavy atom. The van der Waals surface area contributed by atoms with Crippen molar-refractivity contribution in [3.05, 3.63) is 65.3 Å². The van der Waals surface area contributed by atoms with Crippen LogP contribution in [0.15, 0.2) is 59.7 Å². The van der Waals surface area contributed by atoms with Crippen molar-refractivity contribution < 1.29 is 34.1 Å². The predicted octanol–water partition coefficient (Wildman–Crippen LogP) is 8.04. The molecular formula is C44H60O7. The Hall–Kier alpha value is -3.03. The lowest BCUT2D eigenvalue weighted by Crippen LogP contribution is -2.72. The van der Waals surface area contributed by atoms with E-state index in [9.17, 15) is 24.6 Å². The molecule has 0 saturated heterocycles. The molecule has 5 aliphatic carbocycles. The van der Waals surface area contributed by atoms with E-state index in [1.54, 1.807) is 26.0 Å². The molecule has 51 heavy (non-hydrogen) atoms. The second-order valence-corrected chi connectivity index (χ2v) is 18.7. The Kier molecular flexibility index (Phi) is 9.49. The molecule has 6 rings (SSSR count). The molecule has 278 valence electrons. The zero-order valence-corrected chi connectivity index (χ0v) is 32.2. The number of ether oxygens (including phenoxy) is 2. The van der Waals surface area contributed by atoms with Crippen LogP contribution in [-0.2, 0) is 23.9 Å². The van der Waals surface area contributed by atoms with Crippen LogP contribution in [0.25, 0.3) is 6.08 Å². The standard InChI is InChI=1S/C44H60O7/c1-10-27(2)38(49)51-36-37(50-35(48)19-16-28-14-12-11-13-15-28)44(26-45)30(24-39(36,3)4)29-17-18-32-41(7)22-21-33(46)40(5,6)31(41)20-23-42(32,8)43(29,9)25-34(44)47/h10-17,19,26,30-34,36-37,46-47H,18,20-25H2,1-9H3/b19-16+,27-10-/t30?,31?,32-,33+,34-,36+,37+,41+,42-,43-,44+/m1/s1. The molecule has 0 bridgehead atoms. The molecule has 7 nitrogen and oxygen atoms in total. The SMILES string of the molecule is C/C=C(/C)C(=O)O[C@H]1[C@H](OC(=O)/C=C/c2ccccc2)[C@@]2(C=O)C(CC1(C)C)C1=CC[C@@H]3[C@@]4(C)CC[C@H](O)C(C)(C)C4CC[C@@]3(C)[C@]1(C)C[C@H]2O. The van der Waals surface area contributed by atoms with Crippen molar-refractivity contribution in [1.29, 1.82) is 0 Å². The molecule has 0 aliphatic heterocycles. The zero-order valence-electron chi connectivity index (χ0n) is 32.2. The van der Waals surface area contributed by atoms with Gasteiger partial charge >= 0.3 is 11.9 Å². The number of aliphatic hydroxyl groups excluding tert-OH is 2. The first kappa shape index (κ1) is 37.7. The number of fused-ring (bicyclic) bond motifs is 7. The third kappa shape index (κ3) is 5.54. The van der Waals surface area contributed by atoms with E-state index in [4.69, 9.17) is 9.47 Å². The topological polar surface area (TPSA) is 110 Å². The fraction of sp³-hybridized carbons (Fsp3) is 0.659. The number of aldehydes is 1. The number of carbonyl (C=O) groups excluding carboxylic acids is 3. The minimum absolute atomic E-state index is 0.0177. The van der Waals surface area contributed by atoms with Gasteiger partial charge in [-0.15, -0.1) is 0 Å². The van der Waals surface area contributed by atoms with Crippen molar-refractivity contribution >= 4 is 24.3 Å². The first-order valence-electron chi connectivity index (χ1n) is 19.1. The molecule has 7 heteroatoms. The highest BCUT2D eigenvalue weighted by molar-refractivity contribution is 5.89. The lowest BCUT2D eigenvalue weighted by atomic mass is 9.33. The van der Waals surface area contributed by atoms with Crippen LogP contribution in [0.2, 0.25) is 0 Å². The number of allylic oxidation sites excluding steroid dienone is 3. The molecule has 4 saturated carbocycles. The van der Waals surface area contributed by atoms with E-state index in [0.717, 1.165) is 44.0 Å². The number of rotatable bonds is 6. The minimum atomic E-state index is -1.52. The lowest BCUT2D eigenvalue weighted by Gasteiger charge is -2.72. The second kappa shape index (κ2) is 12.8. The van der Waals surface area contributed by atoms with E-state index in [1.807, 2.05) is 44.2 Å². The van der Waals surface area contributed by atoms with Gasteiger partial charge in [0.25, 0.3) is 0 Å². The number of carbonyl (C=O) groups is 3. The van der Waals surface area contributed by atoms with Gasteiger partial charge in [0.1, 0.15) is 12.4 Å². The summed E-state index contributed by atoms with van der Waals surface area (Å²) in [6, 6.07) is 9.40. The van der Waals surface area contributed by atoms with Gasteiger partial charge in [-0.05, 0) is 110 Å². The number of benzene rings is 1. The van der Waals surface area contributed by atoms with Crippen LogP contribution >= 0.6 is 0 Å². The van der Waals surface area contributed by atoms with Gasteiger partial charge < -0.3 is 24.5 Å². The van der Waals surface area contributed by atoms with Gasteiger partial charge in [-0.25, -0.2) is 9.59 Å². The van der Waals surface area contributed by atoms with Crippen LogP contribution in [0.4, 0.5) is 0 Å². The molecule has 11 atom stereocenters. The van der Waals surface area contributed by atoms with E-state index in [0.29, 0.717) is 30.3 Å². The Morgan fingerprint density at radius 1 is 0.863 bits per heavy atom. The van der Waals surface area contributed by atoms with Gasteiger partial charge in [0.15, 0.2) is 6.10 Å². The van der Waals surface area contributed by atoms with Crippen molar-refractivity contribution in [2.75, 3.05) is 0 Å². The van der Waals surface area contributed by atoms with Crippen molar-refractivity contribution in [3.63, 3.8) is 0 Å². The molecule has 0 amide bonds. The molecule has 0 heterocycles. The number of hydrogen-bond acceptors (Lipinski definition) is 7. The fourth-order valence-electron chi connectivity index (χ4n) is 12.3. The third-order valence-electron chi connectivity index (χ3n) is 15.6. The first-order valence-corrected chi connectivity index (χ1v) is 19.1. The Morgan fingerprint density at radius 2 is 1.55 bits per heavy atom.